The third-order valence-electron chi connectivity index (χ3n) is 2.05. The molecule has 1 atom stereocenters. The van der Waals surface area contributed by atoms with Gasteiger partial charge in [-0.15, -0.1) is 0 Å². The Bertz CT molecular complexity index is 326. The number of nitrogens with two attached hydrogens (primary N) is 1. The van der Waals surface area contributed by atoms with E-state index in [9.17, 15) is 0 Å². The molecule has 0 fully saturated rings. The highest BCUT2D eigenvalue weighted by Crippen LogP contribution is 2.17. The summed E-state index contributed by atoms with van der Waals surface area (Å²) in [6, 6.07) is 11.6. The van der Waals surface area contributed by atoms with Crippen LogP contribution in [-0.2, 0) is 5.54 Å². The Balaban J connectivity index is 2.98. The fourth-order valence-corrected chi connectivity index (χ4v) is 1.43. The Morgan fingerprint density at radius 2 is 1.93 bits per heavy atom. The van der Waals surface area contributed by atoms with E-state index in [2.05, 4.69) is 6.07 Å². The molecule has 0 aliphatic heterocycles. The molecular formula is C11H15N3. The SMILES string of the molecule is CN(C)CC(N)(C#N)c1ccccc1. The first-order chi connectivity index (χ1) is 6.58. The van der Waals surface area contributed by atoms with E-state index >= 15 is 0 Å². The first kappa shape index (κ1) is 10.7. The lowest BCUT2D eigenvalue weighted by Crippen LogP contribution is -2.44. The molecule has 0 bridgehead atoms. The first-order valence-electron chi connectivity index (χ1n) is 4.49. The van der Waals surface area contributed by atoms with Crippen molar-refractivity contribution >= 4 is 0 Å². The Morgan fingerprint density at radius 1 is 1.36 bits per heavy atom. The number of benzene rings is 1. The molecule has 0 spiro atoms. The normalized spacial score (nSPS) is 14.8. The van der Waals surface area contributed by atoms with Gasteiger partial charge in [0.1, 0.15) is 5.54 Å². The van der Waals surface area contributed by atoms with Crippen LogP contribution in [0.2, 0.25) is 0 Å². The van der Waals surface area contributed by atoms with Crippen molar-refractivity contribution in [2.24, 2.45) is 5.73 Å². The van der Waals surface area contributed by atoms with Gasteiger partial charge in [0, 0.05) is 6.54 Å². The van der Waals surface area contributed by atoms with Gasteiger partial charge in [0.15, 0.2) is 0 Å². The summed E-state index contributed by atoms with van der Waals surface area (Å²) in [7, 11) is 3.81. The van der Waals surface area contributed by atoms with Gasteiger partial charge < -0.3 is 10.6 Å². The van der Waals surface area contributed by atoms with Crippen LogP contribution in [0.15, 0.2) is 30.3 Å². The van der Waals surface area contributed by atoms with Crippen LogP contribution in [0.4, 0.5) is 0 Å². The third-order valence-corrected chi connectivity index (χ3v) is 2.05. The summed E-state index contributed by atoms with van der Waals surface area (Å²) in [6.45, 7) is 0.521. The minimum atomic E-state index is -0.912. The van der Waals surface area contributed by atoms with Crippen LogP contribution in [0.1, 0.15) is 5.56 Å². The van der Waals surface area contributed by atoms with Gasteiger partial charge in [-0.1, -0.05) is 30.3 Å². The standard InChI is InChI=1S/C11H15N3/c1-14(2)9-11(13,8-12)10-6-4-3-5-7-10/h3-7H,9,13H2,1-2H3. The zero-order valence-electron chi connectivity index (χ0n) is 8.57. The highest BCUT2D eigenvalue weighted by Gasteiger charge is 2.27. The molecule has 1 unspecified atom stereocenters. The number of rotatable bonds is 3. The summed E-state index contributed by atoms with van der Waals surface area (Å²) in [5.74, 6) is 0. The minimum Gasteiger partial charge on any atom is -0.309 e. The van der Waals surface area contributed by atoms with E-state index in [1.165, 1.54) is 0 Å². The number of hydrogen-bond acceptors (Lipinski definition) is 3. The fourth-order valence-electron chi connectivity index (χ4n) is 1.43. The van der Waals surface area contributed by atoms with Crippen molar-refractivity contribution in [3.63, 3.8) is 0 Å². The zero-order valence-corrected chi connectivity index (χ0v) is 8.57. The van der Waals surface area contributed by atoms with E-state index in [4.69, 9.17) is 11.0 Å². The summed E-state index contributed by atoms with van der Waals surface area (Å²) < 4.78 is 0. The molecule has 0 saturated carbocycles. The van der Waals surface area contributed by atoms with Crippen LogP contribution < -0.4 is 5.73 Å². The molecule has 2 N–H and O–H groups in total. The molecule has 1 aromatic carbocycles. The van der Waals surface area contributed by atoms with Crippen molar-refractivity contribution in [3.8, 4) is 6.07 Å². The molecule has 0 heterocycles. The highest BCUT2D eigenvalue weighted by molar-refractivity contribution is 5.31. The maximum absolute atomic E-state index is 9.09. The Labute approximate surface area is 84.7 Å². The van der Waals surface area contributed by atoms with Crippen LogP contribution in [-0.4, -0.2) is 25.5 Å². The predicted molar refractivity (Wildman–Crippen MR) is 56.5 cm³/mol. The Hall–Kier alpha value is -1.37. The maximum atomic E-state index is 9.09. The number of nitriles is 1. The molecule has 14 heavy (non-hydrogen) atoms. The van der Waals surface area contributed by atoms with Gasteiger partial charge in [-0.2, -0.15) is 5.26 Å². The molecule has 0 aliphatic carbocycles. The second kappa shape index (κ2) is 4.23. The van der Waals surface area contributed by atoms with E-state index in [0.717, 1.165) is 5.56 Å². The molecule has 1 rings (SSSR count). The van der Waals surface area contributed by atoms with E-state index < -0.39 is 5.54 Å². The second-order valence-electron chi connectivity index (χ2n) is 3.69. The lowest BCUT2D eigenvalue weighted by Gasteiger charge is -2.25. The van der Waals surface area contributed by atoms with Crippen molar-refractivity contribution in [3.05, 3.63) is 35.9 Å². The van der Waals surface area contributed by atoms with Gasteiger partial charge >= 0.3 is 0 Å². The maximum Gasteiger partial charge on any atom is 0.142 e. The van der Waals surface area contributed by atoms with Gasteiger partial charge in [0.05, 0.1) is 6.07 Å². The van der Waals surface area contributed by atoms with Crippen LogP contribution >= 0.6 is 0 Å². The minimum absolute atomic E-state index is 0.521. The van der Waals surface area contributed by atoms with Crippen molar-refractivity contribution in [1.82, 2.24) is 4.90 Å². The fraction of sp³-hybridized carbons (Fsp3) is 0.364. The van der Waals surface area contributed by atoms with Crippen LogP contribution in [0.5, 0.6) is 0 Å². The van der Waals surface area contributed by atoms with E-state index in [1.807, 2.05) is 49.3 Å². The largest absolute Gasteiger partial charge is 0.309 e. The zero-order chi connectivity index (χ0) is 10.6. The van der Waals surface area contributed by atoms with E-state index in [1.54, 1.807) is 0 Å². The predicted octanol–water partition coefficient (Wildman–Crippen LogP) is 0.926. The summed E-state index contributed by atoms with van der Waals surface area (Å²) in [6.07, 6.45) is 0. The highest BCUT2D eigenvalue weighted by atomic mass is 15.1. The monoisotopic (exact) mass is 189 g/mol. The van der Waals surface area contributed by atoms with Gasteiger partial charge in [0.2, 0.25) is 0 Å². The van der Waals surface area contributed by atoms with Gasteiger partial charge in [0.25, 0.3) is 0 Å². The topological polar surface area (TPSA) is 53.0 Å². The van der Waals surface area contributed by atoms with Crippen molar-refractivity contribution < 1.29 is 0 Å². The van der Waals surface area contributed by atoms with E-state index in [0.29, 0.717) is 6.54 Å². The summed E-state index contributed by atoms with van der Waals surface area (Å²) in [5, 5.41) is 9.09. The number of hydrogen-bond donors (Lipinski definition) is 1. The Morgan fingerprint density at radius 3 is 2.36 bits per heavy atom. The molecule has 1 aromatic rings. The molecule has 74 valence electrons. The van der Waals surface area contributed by atoms with Gasteiger partial charge in [-0.25, -0.2) is 0 Å². The first-order valence-corrected chi connectivity index (χ1v) is 4.49. The van der Waals surface area contributed by atoms with E-state index in [-0.39, 0.29) is 0 Å². The number of nitrogens with zero attached hydrogens (tertiary/aromatic N) is 2. The van der Waals surface area contributed by atoms with Gasteiger partial charge in [-0.3, -0.25) is 0 Å². The van der Waals surface area contributed by atoms with Crippen molar-refractivity contribution in [2.45, 2.75) is 5.54 Å². The lowest BCUT2D eigenvalue weighted by atomic mass is 9.92. The average molecular weight is 189 g/mol. The van der Waals surface area contributed by atoms with Crippen LogP contribution in [0, 0.1) is 11.3 Å². The Kier molecular flexibility index (Phi) is 3.23. The summed E-state index contributed by atoms with van der Waals surface area (Å²) >= 11 is 0. The molecular weight excluding hydrogens is 174 g/mol. The molecule has 0 saturated heterocycles. The van der Waals surface area contributed by atoms with Crippen LogP contribution in [0.3, 0.4) is 0 Å². The van der Waals surface area contributed by atoms with Crippen molar-refractivity contribution in [1.29, 1.82) is 5.26 Å². The molecule has 0 radical (unpaired) electrons. The summed E-state index contributed by atoms with van der Waals surface area (Å²) in [5.41, 5.74) is 5.96. The molecule has 0 aromatic heterocycles. The van der Waals surface area contributed by atoms with Crippen LogP contribution in [0.25, 0.3) is 0 Å². The molecule has 0 amide bonds. The van der Waals surface area contributed by atoms with Gasteiger partial charge in [-0.05, 0) is 19.7 Å². The average Bonchev–Trinajstić information content (AvgIpc) is 2.18. The van der Waals surface area contributed by atoms with Crippen molar-refractivity contribution in [2.75, 3.05) is 20.6 Å². The molecule has 0 aliphatic rings. The quantitative estimate of drug-likeness (QED) is 0.769. The third kappa shape index (κ3) is 2.32. The smallest absolute Gasteiger partial charge is 0.142 e. The lowest BCUT2D eigenvalue weighted by molar-refractivity contribution is 0.334. The number of likely N-dealkylation sites (N-methyl/N-ethyl adjacent to an activating group) is 1. The molecule has 3 nitrogen and oxygen atoms in total. The summed E-state index contributed by atoms with van der Waals surface area (Å²) in [4.78, 5) is 1.91. The second-order valence-corrected chi connectivity index (χ2v) is 3.69. The molecule has 3 heteroatoms.